The van der Waals surface area contributed by atoms with Crippen molar-refractivity contribution in [3.8, 4) is 11.5 Å². The van der Waals surface area contributed by atoms with Crippen LogP contribution in [-0.4, -0.2) is 21.0 Å². The summed E-state index contributed by atoms with van der Waals surface area (Å²) in [5.74, 6) is -0.875. The van der Waals surface area contributed by atoms with Crippen LogP contribution in [0.2, 0.25) is 0 Å². The Kier molecular flexibility index (Phi) is 2.78. The number of carbonyl (C=O) groups is 1. The van der Waals surface area contributed by atoms with E-state index >= 15 is 0 Å². The number of nitrogens with one attached hydrogen (secondary N) is 1. The molecule has 6 heteroatoms. The Hall–Kier alpha value is -2.37. The molecule has 2 aromatic heterocycles. The minimum atomic E-state index is -1.14. The van der Waals surface area contributed by atoms with Gasteiger partial charge in [0.15, 0.2) is 5.76 Å². The zero-order valence-electron chi connectivity index (χ0n) is 9.06. The first-order valence-electron chi connectivity index (χ1n) is 5.03. The Morgan fingerprint density at radius 3 is 2.88 bits per heavy atom. The molecule has 0 saturated carbocycles. The van der Waals surface area contributed by atoms with Gasteiger partial charge < -0.3 is 14.5 Å². The molecule has 0 saturated heterocycles. The van der Waals surface area contributed by atoms with E-state index in [1.807, 2.05) is 0 Å². The lowest BCUT2D eigenvalue weighted by molar-refractivity contribution is 0.0695. The average molecular weight is 234 g/mol. The predicted octanol–water partition coefficient (Wildman–Crippen LogP) is 1.29. The van der Waals surface area contributed by atoms with Crippen molar-refractivity contribution < 1.29 is 14.3 Å². The van der Waals surface area contributed by atoms with E-state index in [1.165, 1.54) is 6.26 Å². The Balaban J connectivity index is 2.77. The number of furan rings is 1. The van der Waals surface area contributed by atoms with Gasteiger partial charge in [0.25, 0.3) is 0 Å². The van der Waals surface area contributed by atoms with Crippen LogP contribution in [-0.2, 0) is 6.42 Å². The van der Waals surface area contributed by atoms with Crippen LogP contribution in [0, 0.1) is 0 Å². The van der Waals surface area contributed by atoms with Gasteiger partial charge in [0.05, 0.1) is 6.26 Å². The lowest BCUT2D eigenvalue weighted by Crippen LogP contribution is -2.19. The average Bonchev–Trinajstić information content (AvgIpc) is 2.80. The number of rotatable bonds is 3. The van der Waals surface area contributed by atoms with Crippen LogP contribution < -0.4 is 5.69 Å². The maximum Gasteiger partial charge on any atom is 0.345 e. The molecular formula is C11H10N2O4. The van der Waals surface area contributed by atoms with Crippen LogP contribution in [0.15, 0.2) is 27.6 Å². The van der Waals surface area contributed by atoms with Crippen molar-refractivity contribution >= 4 is 5.97 Å². The Bertz CT molecular complexity index is 598. The first-order chi connectivity index (χ1) is 8.13. The van der Waals surface area contributed by atoms with Crippen molar-refractivity contribution in [3.63, 3.8) is 0 Å². The molecule has 88 valence electrons. The largest absolute Gasteiger partial charge is 0.478 e. The second-order valence-electron chi connectivity index (χ2n) is 3.38. The summed E-state index contributed by atoms with van der Waals surface area (Å²) < 4.78 is 5.09. The van der Waals surface area contributed by atoms with Gasteiger partial charge in [0.1, 0.15) is 11.3 Å². The first kappa shape index (κ1) is 11.1. The summed E-state index contributed by atoms with van der Waals surface area (Å²) in [7, 11) is 0. The standard InChI is InChI=1S/C11H10N2O4/c1-2-6-8(10(14)15)9(13-11(16)12-6)7-4-3-5-17-7/h3-5H,2H2,1H3,(H,14,15)(H,12,13,16). The third-order valence-electron chi connectivity index (χ3n) is 2.33. The van der Waals surface area contributed by atoms with E-state index in [0.717, 1.165) is 0 Å². The highest BCUT2D eigenvalue weighted by molar-refractivity contribution is 5.95. The van der Waals surface area contributed by atoms with Crippen LogP contribution in [0.3, 0.4) is 0 Å². The second-order valence-corrected chi connectivity index (χ2v) is 3.38. The van der Waals surface area contributed by atoms with E-state index in [4.69, 9.17) is 9.52 Å². The van der Waals surface area contributed by atoms with Gasteiger partial charge in [-0.15, -0.1) is 0 Å². The molecule has 17 heavy (non-hydrogen) atoms. The molecule has 0 unspecified atom stereocenters. The maximum absolute atomic E-state index is 11.3. The van der Waals surface area contributed by atoms with Gasteiger partial charge in [0, 0.05) is 5.69 Å². The van der Waals surface area contributed by atoms with E-state index < -0.39 is 11.7 Å². The molecule has 0 amide bonds. The summed E-state index contributed by atoms with van der Waals surface area (Å²) in [5.41, 5.74) is -0.215. The molecule has 0 spiro atoms. The van der Waals surface area contributed by atoms with Gasteiger partial charge >= 0.3 is 11.7 Å². The molecule has 0 aliphatic carbocycles. The van der Waals surface area contributed by atoms with Crippen LogP contribution in [0.1, 0.15) is 23.0 Å². The fourth-order valence-electron chi connectivity index (χ4n) is 1.61. The molecule has 2 heterocycles. The summed E-state index contributed by atoms with van der Waals surface area (Å²) in [4.78, 5) is 28.6. The van der Waals surface area contributed by atoms with Crippen molar-refractivity contribution in [2.45, 2.75) is 13.3 Å². The lowest BCUT2D eigenvalue weighted by Gasteiger charge is -2.06. The van der Waals surface area contributed by atoms with Gasteiger partial charge in [-0.05, 0) is 18.6 Å². The number of aryl methyl sites for hydroxylation is 1. The smallest absolute Gasteiger partial charge is 0.345 e. The summed E-state index contributed by atoms with van der Waals surface area (Å²) in [6.07, 6.45) is 1.79. The Labute approximate surface area is 95.9 Å². The number of aromatic carboxylic acids is 1. The molecule has 0 bridgehead atoms. The van der Waals surface area contributed by atoms with Crippen LogP contribution in [0.4, 0.5) is 0 Å². The van der Waals surface area contributed by atoms with Crippen molar-refractivity contribution in [1.82, 2.24) is 9.97 Å². The van der Waals surface area contributed by atoms with E-state index in [2.05, 4.69) is 9.97 Å². The third kappa shape index (κ3) is 1.96. The highest BCUT2D eigenvalue weighted by Gasteiger charge is 2.20. The topological polar surface area (TPSA) is 96.2 Å². The number of carboxylic acids is 1. The van der Waals surface area contributed by atoms with Crippen molar-refractivity contribution in [2.24, 2.45) is 0 Å². The Morgan fingerprint density at radius 1 is 1.59 bits per heavy atom. The van der Waals surface area contributed by atoms with Gasteiger partial charge in [-0.25, -0.2) is 9.59 Å². The van der Waals surface area contributed by atoms with Crippen LogP contribution >= 0.6 is 0 Å². The quantitative estimate of drug-likeness (QED) is 0.834. The van der Waals surface area contributed by atoms with Crippen molar-refractivity contribution in [1.29, 1.82) is 0 Å². The minimum absolute atomic E-state index is 0.0259. The van der Waals surface area contributed by atoms with Gasteiger partial charge in [-0.3, -0.25) is 0 Å². The highest BCUT2D eigenvalue weighted by atomic mass is 16.4. The zero-order valence-corrected chi connectivity index (χ0v) is 9.06. The lowest BCUT2D eigenvalue weighted by atomic mass is 10.1. The first-order valence-corrected chi connectivity index (χ1v) is 5.03. The normalized spacial score (nSPS) is 10.4. The molecular weight excluding hydrogens is 224 g/mol. The molecule has 0 radical (unpaired) electrons. The SMILES string of the molecule is CCc1[nH]c(=O)nc(-c2ccco2)c1C(=O)O. The summed E-state index contributed by atoms with van der Waals surface area (Å²) in [6, 6.07) is 3.17. The molecule has 0 aromatic carbocycles. The number of hydrogen-bond acceptors (Lipinski definition) is 4. The van der Waals surface area contributed by atoms with Gasteiger partial charge in [0.2, 0.25) is 0 Å². The zero-order chi connectivity index (χ0) is 12.4. The van der Waals surface area contributed by atoms with Crippen molar-refractivity contribution in [2.75, 3.05) is 0 Å². The molecule has 2 rings (SSSR count). The molecule has 0 aliphatic rings. The van der Waals surface area contributed by atoms with E-state index in [1.54, 1.807) is 19.1 Å². The summed E-state index contributed by atoms with van der Waals surface area (Å²) in [6.45, 7) is 1.75. The number of aromatic nitrogens is 2. The van der Waals surface area contributed by atoms with Gasteiger partial charge in [-0.1, -0.05) is 6.92 Å². The number of aromatic amines is 1. The predicted molar refractivity (Wildman–Crippen MR) is 58.9 cm³/mol. The van der Waals surface area contributed by atoms with Crippen LogP contribution in [0.25, 0.3) is 11.5 Å². The molecule has 0 aliphatic heterocycles. The van der Waals surface area contributed by atoms with Crippen LogP contribution in [0.5, 0.6) is 0 Å². The Morgan fingerprint density at radius 2 is 2.35 bits per heavy atom. The monoisotopic (exact) mass is 234 g/mol. The van der Waals surface area contributed by atoms with Gasteiger partial charge in [-0.2, -0.15) is 4.98 Å². The summed E-state index contributed by atoms with van der Waals surface area (Å²) >= 11 is 0. The molecule has 0 fully saturated rings. The highest BCUT2D eigenvalue weighted by Crippen LogP contribution is 2.22. The number of hydrogen-bond donors (Lipinski definition) is 2. The van der Waals surface area contributed by atoms with Crippen molar-refractivity contribution in [3.05, 3.63) is 40.1 Å². The number of H-pyrrole nitrogens is 1. The minimum Gasteiger partial charge on any atom is -0.478 e. The molecule has 0 atom stereocenters. The maximum atomic E-state index is 11.3. The fourth-order valence-corrected chi connectivity index (χ4v) is 1.61. The number of carboxylic acid groups (broad SMARTS) is 1. The van der Waals surface area contributed by atoms with E-state index in [9.17, 15) is 9.59 Å². The van der Waals surface area contributed by atoms with E-state index in [-0.39, 0.29) is 17.0 Å². The third-order valence-corrected chi connectivity index (χ3v) is 2.33. The molecule has 2 aromatic rings. The molecule has 6 nitrogen and oxygen atoms in total. The number of nitrogens with zero attached hydrogens (tertiary/aromatic N) is 1. The molecule has 2 N–H and O–H groups in total. The fraction of sp³-hybridized carbons (Fsp3) is 0.182. The second kappa shape index (κ2) is 4.25. The van der Waals surface area contributed by atoms with E-state index in [0.29, 0.717) is 12.1 Å². The summed E-state index contributed by atoms with van der Waals surface area (Å²) in [5, 5.41) is 9.16.